The molecule has 5 heteroatoms. The van der Waals surface area contributed by atoms with Crippen molar-refractivity contribution in [3.8, 4) is 0 Å². The summed E-state index contributed by atoms with van der Waals surface area (Å²) in [5.74, 6) is -0.208. The third kappa shape index (κ3) is 3.83. The van der Waals surface area contributed by atoms with Crippen LogP contribution in [-0.2, 0) is 6.54 Å². The molecule has 2 aromatic heterocycles. The monoisotopic (exact) mass is 368 g/mol. The molecule has 0 saturated carbocycles. The average molecular weight is 368 g/mol. The number of nitrogens with one attached hydrogen (secondary N) is 1. The lowest BCUT2D eigenvalue weighted by molar-refractivity contribution is 0.102. The fourth-order valence-electron chi connectivity index (χ4n) is 3.11. The highest BCUT2D eigenvalue weighted by Gasteiger charge is 2.12. The molecule has 0 saturated heterocycles. The molecule has 0 fully saturated rings. The smallest absolute Gasteiger partial charge is 0.257 e. The molecule has 1 amide bonds. The van der Waals surface area contributed by atoms with Gasteiger partial charge in [-0.25, -0.2) is 0 Å². The SMILES string of the molecule is CN(Cc1ccccc1)c1cncc(C(=O)Nc2cccc3cccnc23)c1. The van der Waals surface area contributed by atoms with Gasteiger partial charge in [0.15, 0.2) is 0 Å². The largest absolute Gasteiger partial charge is 0.369 e. The minimum absolute atomic E-state index is 0.208. The van der Waals surface area contributed by atoms with E-state index in [0.29, 0.717) is 11.3 Å². The van der Waals surface area contributed by atoms with E-state index < -0.39 is 0 Å². The van der Waals surface area contributed by atoms with Gasteiger partial charge in [0.25, 0.3) is 5.91 Å². The Morgan fingerprint density at radius 3 is 2.68 bits per heavy atom. The molecule has 1 N–H and O–H groups in total. The highest BCUT2D eigenvalue weighted by Crippen LogP contribution is 2.22. The van der Waals surface area contributed by atoms with E-state index in [4.69, 9.17) is 0 Å². The van der Waals surface area contributed by atoms with Crippen LogP contribution in [0, 0.1) is 0 Å². The molecule has 0 aliphatic rings. The molecule has 0 aliphatic carbocycles. The Balaban J connectivity index is 1.54. The molecule has 138 valence electrons. The van der Waals surface area contributed by atoms with Crippen molar-refractivity contribution in [3.63, 3.8) is 0 Å². The van der Waals surface area contributed by atoms with E-state index in [1.165, 1.54) is 5.56 Å². The Labute approximate surface area is 163 Å². The van der Waals surface area contributed by atoms with Crippen LogP contribution < -0.4 is 10.2 Å². The predicted octanol–water partition coefficient (Wildman–Crippen LogP) is 4.52. The van der Waals surface area contributed by atoms with Crippen LogP contribution in [0.15, 0.2) is 85.3 Å². The number of anilines is 2. The summed E-state index contributed by atoms with van der Waals surface area (Å²) in [7, 11) is 1.99. The van der Waals surface area contributed by atoms with Gasteiger partial charge in [-0.1, -0.05) is 48.5 Å². The zero-order valence-corrected chi connectivity index (χ0v) is 15.5. The van der Waals surface area contributed by atoms with Gasteiger partial charge in [0.2, 0.25) is 0 Å². The first-order chi connectivity index (χ1) is 13.7. The number of pyridine rings is 2. The Kier molecular flexibility index (Phi) is 4.97. The van der Waals surface area contributed by atoms with Crippen LogP contribution in [0.3, 0.4) is 0 Å². The maximum absolute atomic E-state index is 12.8. The molecule has 4 rings (SSSR count). The lowest BCUT2D eigenvalue weighted by Gasteiger charge is -2.19. The Morgan fingerprint density at radius 1 is 1.00 bits per heavy atom. The average Bonchev–Trinajstić information content (AvgIpc) is 2.75. The number of benzene rings is 2. The maximum Gasteiger partial charge on any atom is 0.257 e. The van der Waals surface area contributed by atoms with Crippen molar-refractivity contribution in [1.29, 1.82) is 0 Å². The number of rotatable bonds is 5. The first-order valence-electron chi connectivity index (χ1n) is 9.06. The molecular weight excluding hydrogens is 348 g/mol. The van der Waals surface area contributed by atoms with Crippen LogP contribution in [0.4, 0.5) is 11.4 Å². The van der Waals surface area contributed by atoms with Gasteiger partial charge in [0, 0.05) is 31.4 Å². The number of aromatic nitrogens is 2. The highest BCUT2D eigenvalue weighted by molar-refractivity contribution is 6.08. The van der Waals surface area contributed by atoms with Crippen molar-refractivity contribution in [1.82, 2.24) is 9.97 Å². The number of fused-ring (bicyclic) bond motifs is 1. The first kappa shape index (κ1) is 17.7. The predicted molar refractivity (Wildman–Crippen MR) is 112 cm³/mol. The molecule has 28 heavy (non-hydrogen) atoms. The third-order valence-corrected chi connectivity index (χ3v) is 4.57. The van der Waals surface area contributed by atoms with Crippen LogP contribution in [0.2, 0.25) is 0 Å². The maximum atomic E-state index is 12.8. The Morgan fingerprint density at radius 2 is 1.82 bits per heavy atom. The second-order valence-electron chi connectivity index (χ2n) is 6.61. The van der Waals surface area contributed by atoms with Gasteiger partial charge in [-0.2, -0.15) is 0 Å². The number of hydrogen-bond donors (Lipinski definition) is 1. The first-order valence-corrected chi connectivity index (χ1v) is 9.06. The quantitative estimate of drug-likeness (QED) is 0.563. The number of carbonyl (C=O) groups is 1. The molecule has 0 aliphatic heterocycles. The highest BCUT2D eigenvalue weighted by atomic mass is 16.1. The number of para-hydroxylation sites is 1. The zero-order chi connectivity index (χ0) is 19.3. The molecular formula is C23H20N4O. The van der Waals surface area contributed by atoms with Gasteiger partial charge in [-0.15, -0.1) is 0 Å². The molecule has 0 bridgehead atoms. The van der Waals surface area contributed by atoms with Gasteiger partial charge in [0.05, 0.1) is 28.7 Å². The van der Waals surface area contributed by atoms with Crippen LogP contribution in [0.5, 0.6) is 0 Å². The van der Waals surface area contributed by atoms with Gasteiger partial charge < -0.3 is 10.2 Å². The summed E-state index contributed by atoms with van der Waals surface area (Å²) in [6.07, 6.45) is 5.06. The summed E-state index contributed by atoms with van der Waals surface area (Å²) in [6.45, 7) is 0.737. The third-order valence-electron chi connectivity index (χ3n) is 4.57. The Hall–Kier alpha value is -3.73. The van der Waals surface area contributed by atoms with Crippen LogP contribution >= 0.6 is 0 Å². The van der Waals surface area contributed by atoms with Crippen LogP contribution in [-0.4, -0.2) is 22.9 Å². The van der Waals surface area contributed by atoms with Crippen molar-refractivity contribution >= 4 is 28.2 Å². The summed E-state index contributed by atoms with van der Waals surface area (Å²) >= 11 is 0. The molecule has 2 aromatic carbocycles. The second kappa shape index (κ2) is 7.88. The molecule has 0 radical (unpaired) electrons. The lowest BCUT2D eigenvalue weighted by Crippen LogP contribution is -2.18. The van der Waals surface area contributed by atoms with Gasteiger partial charge in [-0.3, -0.25) is 14.8 Å². The van der Waals surface area contributed by atoms with Crippen molar-refractivity contribution in [2.24, 2.45) is 0 Å². The van der Waals surface area contributed by atoms with Crippen LogP contribution in [0.1, 0.15) is 15.9 Å². The van der Waals surface area contributed by atoms with E-state index in [1.807, 2.05) is 61.6 Å². The standard InChI is InChI=1S/C23H20N4O/c1-27(16-17-7-3-2-4-8-17)20-13-19(14-24-15-20)23(28)26-21-11-5-9-18-10-6-12-25-22(18)21/h2-15H,16H2,1H3,(H,26,28). The fourth-order valence-corrected chi connectivity index (χ4v) is 3.11. The van der Waals surface area contributed by atoms with Gasteiger partial charge in [0.1, 0.15) is 0 Å². The van der Waals surface area contributed by atoms with E-state index in [-0.39, 0.29) is 5.91 Å². The van der Waals surface area contributed by atoms with Crippen molar-refractivity contribution < 1.29 is 4.79 Å². The van der Waals surface area contributed by atoms with E-state index in [0.717, 1.165) is 23.1 Å². The molecule has 2 heterocycles. The van der Waals surface area contributed by atoms with E-state index >= 15 is 0 Å². The Bertz CT molecular complexity index is 1110. The summed E-state index contributed by atoms with van der Waals surface area (Å²) in [5, 5.41) is 3.94. The topological polar surface area (TPSA) is 58.1 Å². The molecule has 0 atom stereocenters. The van der Waals surface area contributed by atoms with E-state index in [1.54, 1.807) is 18.6 Å². The summed E-state index contributed by atoms with van der Waals surface area (Å²) in [5.41, 5.74) is 4.04. The van der Waals surface area contributed by atoms with Crippen molar-refractivity contribution in [2.45, 2.75) is 6.54 Å². The minimum atomic E-state index is -0.208. The molecule has 4 aromatic rings. The van der Waals surface area contributed by atoms with Gasteiger partial charge >= 0.3 is 0 Å². The van der Waals surface area contributed by atoms with Crippen molar-refractivity contribution in [3.05, 3.63) is 96.4 Å². The molecule has 5 nitrogen and oxygen atoms in total. The van der Waals surface area contributed by atoms with E-state index in [2.05, 4.69) is 32.3 Å². The molecule has 0 unspecified atom stereocenters. The number of carbonyl (C=O) groups excluding carboxylic acids is 1. The lowest BCUT2D eigenvalue weighted by atomic mass is 10.1. The fraction of sp³-hybridized carbons (Fsp3) is 0.0870. The van der Waals surface area contributed by atoms with Gasteiger partial charge in [-0.05, 0) is 23.8 Å². The number of amides is 1. The number of hydrogen-bond acceptors (Lipinski definition) is 4. The van der Waals surface area contributed by atoms with Crippen molar-refractivity contribution in [2.75, 3.05) is 17.3 Å². The number of nitrogens with zero attached hydrogens (tertiary/aromatic N) is 3. The normalized spacial score (nSPS) is 10.6. The summed E-state index contributed by atoms with van der Waals surface area (Å²) in [4.78, 5) is 23.5. The minimum Gasteiger partial charge on any atom is -0.369 e. The molecule has 0 spiro atoms. The van der Waals surface area contributed by atoms with Crippen LogP contribution in [0.25, 0.3) is 10.9 Å². The summed E-state index contributed by atoms with van der Waals surface area (Å²) in [6, 6.07) is 21.6. The van der Waals surface area contributed by atoms with E-state index in [9.17, 15) is 4.79 Å². The summed E-state index contributed by atoms with van der Waals surface area (Å²) < 4.78 is 0. The second-order valence-corrected chi connectivity index (χ2v) is 6.61. The zero-order valence-electron chi connectivity index (χ0n) is 15.5.